The average molecular weight is 295 g/mol. The van der Waals surface area contributed by atoms with Crippen molar-refractivity contribution in [3.05, 3.63) is 40.3 Å². The van der Waals surface area contributed by atoms with E-state index >= 15 is 0 Å². The number of aromatic nitrogens is 1. The quantitative estimate of drug-likeness (QED) is 0.792. The van der Waals surface area contributed by atoms with Crippen LogP contribution in [-0.2, 0) is 12.2 Å². The lowest BCUT2D eigenvalue weighted by Gasteiger charge is -2.06. The molecule has 0 unspecified atom stereocenters. The molecule has 19 heavy (non-hydrogen) atoms. The van der Waals surface area contributed by atoms with Gasteiger partial charge in [-0.1, -0.05) is 0 Å². The minimum atomic E-state index is 0.632. The molecule has 0 saturated heterocycles. The Labute approximate surface area is 123 Å². The minimum Gasteiger partial charge on any atom is -0.494 e. The monoisotopic (exact) mass is 295 g/mol. The van der Waals surface area contributed by atoms with Gasteiger partial charge in [0, 0.05) is 23.2 Å². The molecule has 0 spiro atoms. The van der Waals surface area contributed by atoms with Crippen molar-refractivity contribution in [2.24, 2.45) is 0 Å². The highest BCUT2D eigenvalue weighted by atomic mass is 32.1. The summed E-state index contributed by atoms with van der Waals surface area (Å²) >= 11 is 5.92. The minimum absolute atomic E-state index is 0.632. The molecule has 0 fully saturated rings. The van der Waals surface area contributed by atoms with Crippen LogP contribution in [0.5, 0.6) is 11.5 Å². The van der Waals surface area contributed by atoms with Crippen LogP contribution in [0.15, 0.2) is 30.5 Å². The Morgan fingerprint density at radius 2 is 1.84 bits per heavy atom. The molecule has 2 aromatic rings. The molecule has 0 aliphatic carbocycles. The highest BCUT2D eigenvalue weighted by Crippen LogP contribution is 2.19. The lowest BCUT2D eigenvalue weighted by Crippen LogP contribution is -2.01. The average Bonchev–Trinajstić information content (AvgIpc) is 2.89. The van der Waals surface area contributed by atoms with Crippen molar-refractivity contribution < 1.29 is 9.47 Å². The van der Waals surface area contributed by atoms with Gasteiger partial charge in [0.05, 0.1) is 18.2 Å². The van der Waals surface area contributed by atoms with E-state index in [-0.39, 0.29) is 0 Å². The topological polar surface area (TPSA) is 31.4 Å². The maximum atomic E-state index is 5.68. The first kappa shape index (κ1) is 14.2. The van der Waals surface area contributed by atoms with Crippen LogP contribution in [0.1, 0.15) is 16.8 Å². The molecular weight excluding hydrogens is 278 g/mol. The molecule has 0 radical (unpaired) electrons. The zero-order valence-electron chi connectivity index (χ0n) is 10.8. The van der Waals surface area contributed by atoms with Crippen molar-refractivity contribution in [1.29, 1.82) is 0 Å². The molecule has 2 rings (SSSR count). The fourth-order valence-electron chi connectivity index (χ4n) is 1.59. The molecule has 1 heterocycles. The Balaban J connectivity index is 1.78. The molecule has 102 valence electrons. The molecule has 0 atom stereocenters. The van der Waals surface area contributed by atoms with E-state index in [0.717, 1.165) is 28.7 Å². The fraction of sp³-hybridized carbons (Fsp3) is 0.357. The van der Waals surface area contributed by atoms with Gasteiger partial charge in [-0.3, -0.25) is 0 Å². The summed E-state index contributed by atoms with van der Waals surface area (Å²) in [7, 11) is 0. The number of hydrogen-bond donors (Lipinski definition) is 1. The molecule has 0 aliphatic rings. The van der Waals surface area contributed by atoms with Crippen LogP contribution in [0.2, 0.25) is 0 Å². The van der Waals surface area contributed by atoms with Gasteiger partial charge in [-0.05, 0) is 31.2 Å². The predicted octanol–water partition coefficient (Wildman–Crippen LogP) is 3.59. The van der Waals surface area contributed by atoms with Crippen molar-refractivity contribution in [2.75, 3.05) is 13.2 Å². The SMILES string of the molecule is CCOc1ccc(OCCc2ncc(CS)s2)cc1. The van der Waals surface area contributed by atoms with Crippen LogP contribution >= 0.6 is 24.0 Å². The van der Waals surface area contributed by atoms with Gasteiger partial charge in [0.25, 0.3) is 0 Å². The van der Waals surface area contributed by atoms with Gasteiger partial charge < -0.3 is 9.47 Å². The van der Waals surface area contributed by atoms with Crippen LogP contribution in [0.25, 0.3) is 0 Å². The molecule has 1 aromatic carbocycles. The first-order valence-electron chi connectivity index (χ1n) is 6.22. The van der Waals surface area contributed by atoms with Crippen molar-refractivity contribution in [2.45, 2.75) is 19.1 Å². The van der Waals surface area contributed by atoms with E-state index in [1.807, 2.05) is 37.4 Å². The van der Waals surface area contributed by atoms with Crippen LogP contribution in [0.3, 0.4) is 0 Å². The zero-order chi connectivity index (χ0) is 13.5. The number of nitrogens with zero attached hydrogens (tertiary/aromatic N) is 1. The Morgan fingerprint density at radius 1 is 1.16 bits per heavy atom. The molecule has 0 aliphatic heterocycles. The van der Waals surface area contributed by atoms with Gasteiger partial charge >= 0.3 is 0 Å². The van der Waals surface area contributed by atoms with Gasteiger partial charge in [-0.2, -0.15) is 12.6 Å². The molecule has 0 amide bonds. The third-order valence-corrected chi connectivity index (χ3v) is 4.09. The van der Waals surface area contributed by atoms with Crippen LogP contribution in [-0.4, -0.2) is 18.2 Å². The van der Waals surface area contributed by atoms with E-state index < -0.39 is 0 Å². The second-order valence-corrected chi connectivity index (χ2v) is 5.40. The first-order chi connectivity index (χ1) is 9.31. The molecule has 0 saturated carbocycles. The summed E-state index contributed by atoms with van der Waals surface area (Å²) < 4.78 is 11.1. The molecular formula is C14H17NO2S2. The first-order valence-corrected chi connectivity index (χ1v) is 7.67. The Morgan fingerprint density at radius 3 is 2.42 bits per heavy atom. The van der Waals surface area contributed by atoms with E-state index in [1.54, 1.807) is 11.3 Å². The van der Waals surface area contributed by atoms with Gasteiger partial charge in [0.15, 0.2) is 0 Å². The summed E-state index contributed by atoms with van der Waals surface area (Å²) in [6, 6.07) is 7.68. The van der Waals surface area contributed by atoms with E-state index in [4.69, 9.17) is 9.47 Å². The van der Waals surface area contributed by atoms with Crippen molar-refractivity contribution in [3.63, 3.8) is 0 Å². The lowest BCUT2D eigenvalue weighted by atomic mass is 10.3. The van der Waals surface area contributed by atoms with Gasteiger partial charge in [0.1, 0.15) is 11.5 Å². The number of benzene rings is 1. The highest BCUT2D eigenvalue weighted by molar-refractivity contribution is 7.79. The van der Waals surface area contributed by atoms with Crippen molar-refractivity contribution in [3.8, 4) is 11.5 Å². The Kier molecular flexibility index (Phi) is 5.54. The van der Waals surface area contributed by atoms with Crippen LogP contribution in [0, 0.1) is 0 Å². The summed E-state index contributed by atoms with van der Waals surface area (Å²) in [6.45, 7) is 3.28. The number of thiol groups is 1. The summed E-state index contributed by atoms with van der Waals surface area (Å²) in [5.41, 5.74) is 0. The van der Waals surface area contributed by atoms with Crippen molar-refractivity contribution in [1.82, 2.24) is 4.98 Å². The summed E-state index contributed by atoms with van der Waals surface area (Å²) in [5.74, 6) is 2.47. The summed E-state index contributed by atoms with van der Waals surface area (Å²) in [5, 5.41) is 1.09. The fourth-order valence-corrected chi connectivity index (χ4v) is 2.63. The standard InChI is InChI=1S/C14H17NO2S2/c1-2-16-11-3-5-12(6-4-11)17-8-7-14-15-9-13(10-18)19-14/h3-6,9,18H,2,7-8,10H2,1H3. The van der Waals surface area contributed by atoms with Crippen LogP contribution < -0.4 is 9.47 Å². The smallest absolute Gasteiger partial charge is 0.119 e. The normalized spacial score (nSPS) is 10.4. The third kappa shape index (κ3) is 4.44. The number of thiazole rings is 1. The summed E-state index contributed by atoms with van der Waals surface area (Å²) in [6.07, 6.45) is 2.70. The second kappa shape index (κ2) is 7.40. The van der Waals surface area contributed by atoms with Crippen LogP contribution in [0.4, 0.5) is 0 Å². The Bertz CT molecular complexity index is 496. The number of ether oxygens (including phenoxy) is 2. The van der Waals surface area contributed by atoms with E-state index in [9.17, 15) is 0 Å². The van der Waals surface area contributed by atoms with Gasteiger partial charge in [0.2, 0.25) is 0 Å². The second-order valence-electron chi connectivity index (χ2n) is 3.88. The van der Waals surface area contributed by atoms with Gasteiger partial charge in [-0.15, -0.1) is 11.3 Å². The Hall–Kier alpha value is -1.20. The molecule has 1 aromatic heterocycles. The lowest BCUT2D eigenvalue weighted by molar-refractivity contribution is 0.318. The molecule has 0 bridgehead atoms. The van der Waals surface area contributed by atoms with Crippen molar-refractivity contribution >= 4 is 24.0 Å². The van der Waals surface area contributed by atoms with E-state index in [0.29, 0.717) is 13.2 Å². The van der Waals surface area contributed by atoms with E-state index in [2.05, 4.69) is 17.6 Å². The molecule has 5 heteroatoms. The summed E-state index contributed by atoms with van der Waals surface area (Å²) in [4.78, 5) is 5.52. The molecule has 3 nitrogen and oxygen atoms in total. The largest absolute Gasteiger partial charge is 0.494 e. The van der Waals surface area contributed by atoms with E-state index in [1.165, 1.54) is 4.88 Å². The highest BCUT2D eigenvalue weighted by Gasteiger charge is 2.01. The third-order valence-electron chi connectivity index (χ3n) is 2.48. The maximum absolute atomic E-state index is 5.68. The maximum Gasteiger partial charge on any atom is 0.119 e. The number of rotatable bonds is 7. The molecule has 0 N–H and O–H groups in total. The number of hydrogen-bond acceptors (Lipinski definition) is 5. The zero-order valence-corrected chi connectivity index (χ0v) is 12.5. The van der Waals surface area contributed by atoms with Gasteiger partial charge in [-0.25, -0.2) is 4.98 Å². The predicted molar refractivity (Wildman–Crippen MR) is 81.6 cm³/mol.